The van der Waals surface area contributed by atoms with E-state index in [0.717, 1.165) is 37.4 Å². The number of carbonyl (C=O) groups excluding carboxylic acids is 2. The summed E-state index contributed by atoms with van der Waals surface area (Å²) in [6.45, 7) is 3.70. The van der Waals surface area contributed by atoms with Crippen molar-refractivity contribution in [3.8, 4) is 0 Å². The summed E-state index contributed by atoms with van der Waals surface area (Å²) in [4.78, 5) is 36.6. The topological polar surface area (TPSA) is 108 Å². The fourth-order valence-corrected chi connectivity index (χ4v) is 4.34. The molecule has 1 N–H and O–H groups in total. The van der Waals surface area contributed by atoms with Crippen molar-refractivity contribution in [1.29, 1.82) is 0 Å². The normalized spacial score (nSPS) is 15.8. The van der Waals surface area contributed by atoms with Crippen molar-refractivity contribution in [2.24, 2.45) is 0 Å². The minimum atomic E-state index is -0.838. The van der Waals surface area contributed by atoms with Crippen LogP contribution in [0, 0.1) is 10.1 Å². The van der Waals surface area contributed by atoms with Crippen LogP contribution in [0.25, 0.3) is 0 Å². The minimum absolute atomic E-state index is 0.127. The molecule has 180 valence electrons. The lowest BCUT2D eigenvalue weighted by molar-refractivity contribution is -0.384. The molecule has 33 heavy (non-hydrogen) atoms. The van der Waals surface area contributed by atoms with Crippen molar-refractivity contribution < 1.29 is 24.0 Å². The zero-order valence-corrected chi connectivity index (χ0v) is 20.9. The number of esters is 2. The number of hydrogen-bond donors (Lipinski definition) is 1. The summed E-state index contributed by atoms with van der Waals surface area (Å²) >= 11 is 3.42. The summed E-state index contributed by atoms with van der Waals surface area (Å²) in [5, 5.41) is 15.4. The quantitative estimate of drug-likeness (QED) is 0.131. The second-order valence-electron chi connectivity index (χ2n) is 7.93. The van der Waals surface area contributed by atoms with Gasteiger partial charge in [-0.2, -0.15) is 0 Å². The van der Waals surface area contributed by atoms with Crippen LogP contribution in [0.1, 0.15) is 63.9 Å². The number of ether oxygens (including phenoxy) is 2. The van der Waals surface area contributed by atoms with E-state index in [1.807, 2.05) is 0 Å². The lowest BCUT2D eigenvalue weighted by Crippen LogP contribution is -2.32. The molecule has 1 aromatic carbocycles. The fourth-order valence-electron chi connectivity index (χ4n) is 3.94. The molecular weight excluding hydrogens is 492 g/mol. The number of nitrogens with one attached hydrogen (secondary N) is 1. The maximum absolute atomic E-state index is 13.1. The zero-order chi connectivity index (χ0) is 24.4. The first-order valence-electron chi connectivity index (χ1n) is 11.1. The molecule has 1 aromatic rings. The first-order valence-corrected chi connectivity index (χ1v) is 12.2. The highest BCUT2D eigenvalue weighted by Gasteiger charge is 2.38. The van der Waals surface area contributed by atoms with E-state index in [1.54, 1.807) is 19.9 Å². The lowest BCUT2D eigenvalue weighted by atomic mass is 9.80. The molecule has 0 fully saturated rings. The molecular formula is C24H31BrN2O6. The molecule has 8 nitrogen and oxygen atoms in total. The van der Waals surface area contributed by atoms with Gasteiger partial charge in [0.2, 0.25) is 0 Å². The molecule has 0 saturated heterocycles. The summed E-state index contributed by atoms with van der Waals surface area (Å²) in [6.07, 6.45) is 6.28. The molecule has 0 aliphatic carbocycles. The van der Waals surface area contributed by atoms with Gasteiger partial charge in [0.05, 0.1) is 35.7 Å². The standard InChI is InChI=1S/C24H31BrN2O6/c1-16-20(23(28)32-3)22(18-11-10-12-19(15-18)27(30)31)21(17(2)26-16)24(29)33-14-9-7-5-4-6-8-13-25/h10-12,15,22,26H,4-9,13-14H2,1-3H3. The Morgan fingerprint density at radius 3 is 2.24 bits per heavy atom. The maximum atomic E-state index is 13.1. The van der Waals surface area contributed by atoms with Crippen LogP contribution in [0.15, 0.2) is 46.8 Å². The summed E-state index contributed by atoms with van der Waals surface area (Å²) in [6, 6.07) is 5.94. The molecule has 1 heterocycles. The number of dihydropyridines is 1. The van der Waals surface area contributed by atoms with Crippen LogP contribution in [0.5, 0.6) is 0 Å². The highest BCUT2D eigenvalue weighted by atomic mass is 79.9. The molecule has 1 aliphatic rings. The number of hydrogen-bond acceptors (Lipinski definition) is 7. The van der Waals surface area contributed by atoms with E-state index >= 15 is 0 Å². The number of rotatable bonds is 12. The van der Waals surface area contributed by atoms with Gasteiger partial charge in [-0.05, 0) is 32.3 Å². The van der Waals surface area contributed by atoms with E-state index in [1.165, 1.54) is 31.7 Å². The van der Waals surface area contributed by atoms with Gasteiger partial charge in [-0.1, -0.05) is 53.7 Å². The molecule has 1 atom stereocenters. The average Bonchev–Trinajstić information content (AvgIpc) is 2.79. The molecule has 9 heteroatoms. The third-order valence-electron chi connectivity index (χ3n) is 5.56. The van der Waals surface area contributed by atoms with Crippen LogP contribution in [-0.2, 0) is 19.1 Å². The summed E-state index contributed by atoms with van der Waals surface area (Å²) in [7, 11) is 1.26. The SMILES string of the molecule is COC(=O)C1=C(C)NC(C)=C(C(=O)OCCCCCCCCBr)C1c1cccc([N+](=O)[O-])c1. The molecule has 0 amide bonds. The number of carbonyl (C=O) groups is 2. The van der Waals surface area contributed by atoms with Gasteiger partial charge in [0.15, 0.2) is 0 Å². The lowest BCUT2D eigenvalue weighted by Gasteiger charge is -2.30. The van der Waals surface area contributed by atoms with Gasteiger partial charge < -0.3 is 14.8 Å². The van der Waals surface area contributed by atoms with Crippen molar-refractivity contribution in [2.75, 3.05) is 19.0 Å². The second kappa shape index (κ2) is 13.1. The summed E-state index contributed by atoms with van der Waals surface area (Å²) < 4.78 is 10.5. The van der Waals surface area contributed by atoms with Gasteiger partial charge in [0, 0.05) is 28.9 Å². The molecule has 0 saturated carbocycles. The van der Waals surface area contributed by atoms with Crippen molar-refractivity contribution in [1.82, 2.24) is 5.32 Å². The highest BCUT2D eigenvalue weighted by molar-refractivity contribution is 9.09. The smallest absolute Gasteiger partial charge is 0.336 e. The van der Waals surface area contributed by atoms with E-state index in [-0.39, 0.29) is 23.4 Å². The molecule has 0 radical (unpaired) electrons. The molecule has 0 aromatic heterocycles. The number of non-ortho nitro benzene ring substituents is 1. The van der Waals surface area contributed by atoms with Crippen molar-refractivity contribution in [3.05, 3.63) is 62.5 Å². The Morgan fingerprint density at radius 2 is 1.64 bits per heavy atom. The van der Waals surface area contributed by atoms with Gasteiger partial charge in [-0.3, -0.25) is 10.1 Å². The molecule has 1 unspecified atom stereocenters. The Labute approximate surface area is 202 Å². The largest absolute Gasteiger partial charge is 0.466 e. The Hall–Kier alpha value is -2.68. The zero-order valence-electron chi connectivity index (χ0n) is 19.3. The van der Waals surface area contributed by atoms with Gasteiger partial charge in [-0.25, -0.2) is 9.59 Å². The number of allylic oxidation sites excluding steroid dienone is 2. The number of methoxy groups -OCH3 is 1. The van der Waals surface area contributed by atoms with Gasteiger partial charge in [0.1, 0.15) is 0 Å². The van der Waals surface area contributed by atoms with Crippen LogP contribution in [0.4, 0.5) is 5.69 Å². The second-order valence-corrected chi connectivity index (χ2v) is 8.72. The number of nitrogens with zero attached hydrogens (tertiary/aromatic N) is 1. The molecule has 2 rings (SSSR count). The fraction of sp³-hybridized carbons (Fsp3) is 0.500. The number of halogens is 1. The van der Waals surface area contributed by atoms with Gasteiger partial charge >= 0.3 is 11.9 Å². The summed E-state index contributed by atoms with van der Waals surface area (Å²) in [5.41, 5.74) is 1.86. The van der Waals surface area contributed by atoms with Crippen molar-refractivity contribution in [2.45, 2.75) is 58.3 Å². The Bertz CT molecular complexity index is 941. The predicted octanol–water partition coefficient (Wildman–Crippen LogP) is 5.28. The average molecular weight is 523 g/mol. The van der Waals surface area contributed by atoms with Gasteiger partial charge in [-0.15, -0.1) is 0 Å². The van der Waals surface area contributed by atoms with Crippen LogP contribution in [-0.4, -0.2) is 35.9 Å². The highest BCUT2D eigenvalue weighted by Crippen LogP contribution is 2.40. The molecule has 1 aliphatic heterocycles. The van der Waals surface area contributed by atoms with E-state index in [9.17, 15) is 19.7 Å². The first-order chi connectivity index (χ1) is 15.8. The summed E-state index contributed by atoms with van der Waals surface area (Å²) in [5.74, 6) is -2.00. The van der Waals surface area contributed by atoms with Crippen LogP contribution >= 0.6 is 15.9 Å². The third-order valence-corrected chi connectivity index (χ3v) is 6.12. The first kappa shape index (κ1) is 26.6. The van der Waals surface area contributed by atoms with E-state index in [2.05, 4.69) is 21.2 Å². The molecule has 0 bridgehead atoms. The number of benzene rings is 1. The van der Waals surface area contributed by atoms with E-state index < -0.39 is 22.8 Å². The van der Waals surface area contributed by atoms with Crippen molar-refractivity contribution >= 4 is 33.6 Å². The Morgan fingerprint density at radius 1 is 1.03 bits per heavy atom. The van der Waals surface area contributed by atoms with Crippen LogP contribution in [0.2, 0.25) is 0 Å². The monoisotopic (exact) mass is 522 g/mol. The van der Waals surface area contributed by atoms with Crippen LogP contribution in [0.3, 0.4) is 0 Å². The van der Waals surface area contributed by atoms with Gasteiger partial charge in [0.25, 0.3) is 5.69 Å². The van der Waals surface area contributed by atoms with Crippen molar-refractivity contribution in [3.63, 3.8) is 0 Å². The number of unbranched alkanes of at least 4 members (excludes halogenated alkanes) is 5. The Kier molecular flexibility index (Phi) is 10.6. The third kappa shape index (κ3) is 7.15. The van der Waals surface area contributed by atoms with Crippen LogP contribution < -0.4 is 5.32 Å². The number of nitro groups is 1. The Balaban J connectivity index is 2.24. The number of alkyl halides is 1. The number of nitro benzene ring substituents is 1. The molecule has 0 spiro atoms. The minimum Gasteiger partial charge on any atom is -0.466 e. The maximum Gasteiger partial charge on any atom is 0.336 e. The van der Waals surface area contributed by atoms with E-state index in [4.69, 9.17) is 9.47 Å². The van der Waals surface area contributed by atoms with E-state index in [0.29, 0.717) is 17.0 Å². The predicted molar refractivity (Wildman–Crippen MR) is 129 cm³/mol.